The third-order valence-electron chi connectivity index (χ3n) is 7.56. The molecule has 0 saturated carbocycles. The van der Waals surface area contributed by atoms with Crippen LogP contribution < -0.4 is 19.1 Å². The Bertz CT molecular complexity index is 1870. The molecule has 48 heavy (non-hydrogen) atoms. The van der Waals surface area contributed by atoms with Crippen LogP contribution >= 0.6 is 0 Å². The summed E-state index contributed by atoms with van der Waals surface area (Å²) >= 11 is 0. The second-order valence-electron chi connectivity index (χ2n) is 12.4. The number of benzene rings is 4. The number of fused-ring (bicyclic) bond motifs is 1. The maximum absolute atomic E-state index is 15.1. The number of hydrogen-bond acceptors (Lipinski definition) is 6. The fourth-order valence-corrected chi connectivity index (χ4v) is 6.69. The van der Waals surface area contributed by atoms with E-state index in [1.54, 1.807) is 51.1 Å². The van der Waals surface area contributed by atoms with Crippen LogP contribution in [0.5, 0.6) is 11.5 Å². The number of halogens is 2. The van der Waals surface area contributed by atoms with Gasteiger partial charge in [-0.15, -0.1) is 0 Å². The molecule has 1 aliphatic rings. The Kier molecular flexibility index (Phi) is 10.3. The van der Waals surface area contributed by atoms with E-state index in [2.05, 4.69) is 5.32 Å². The monoisotopic (exact) mass is 677 g/mol. The van der Waals surface area contributed by atoms with E-state index in [1.807, 2.05) is 6.07 Å². The molecule has 0 radical (unpaired) electrons. The number of hydrogen-bond donors (Lipinski definition) is 1. The number of sulfonamides is 1. The van der Waals surface area contributed by atoms with E-state index in [4.69, 9.17) is 9.47 Å². The Balaban J connectivity index is 1.59. The van der Waals surface area contributed by atoms with Gasteiger partial charge in [-0.2, -0.15) is 0 Å². The quantitative estimate of drug-likeness (QED) is 0.225. The van der Waals surface area contributed by atoms with Crippen LogP contribution in [0.2, 0.25) is 0 Å². The lowest BCUT2D eigenvalue weighted by atomic mass is 10.0. The number of amides is 2. The molecule has 1 heterocycles. The highest BCUT2D eigenvalue weighted by Crippen LogP contribution is 2.34. The molecule has 0 spiro atoms. The van der Waals surface area contributed by atoms with Crippen molar-refractivity contribution < 1.29 is 36.3 Å². The summed E-state index contributed by atoms with van der Waals surface area (Å²) in [7, 11) is -4.49. The van der Waals surface area contributed by atoms with Crippen molar-refractivity contribution in [2.24, 2.45) is 0 Å². The highest BCUT2D eigenvalue weighted by atomic mass is 32.2. The van der Waals surface area contributed by atoms with Gasteiger partial charge in [0.1, 0.15) is 37.4 Å². The first-order valence-electron chi connectivity index (χ1n) is 15.4. The number of carbonyl (C=O) groups excluding carboxylic acids is 2. The van der Waals surface area contributed by atoms with Crippen LogP contribution in [0.1, 0.15) is 31.9 Å². The van der Waals surface area contributed by atoms with Crippen molar-refractivity contribution in [2.45, 2.75) is 50.2 Å². The largest absolute Gasteiger partial charge is 0.486 e. The molecule has 0 aromatic heterocycles. The molecule has 1 N–H and O–H groups in total. The predicted molar refractivity (Wildman–Crippen MR) is 177 cm³/mol. The van der Waals surface area contributed by atoms with Crippen molar-refractivity contribution in [1.82, 2.24) is 10.2 Å². The van der Waals surface area contributed by atoms with Crippen LogP contribution in [0.3, 0.4) is 0 Å². The molecule has 4 aromatic rings. The molecule has 1 unspecified atom stereocenters. The Labute approximate surface area is 279 Å². The lowest BCUT2D eigenvalue weighted by Gasteiger charge is -2.35. The molecule has 4 aromatic carbocycles. The van der Waals surface area contributed by atoms with E-state index in [-0.39, 0.29) is 41.5 Å². The first-order chi connectivity index (χ1) is 22.8. The third-order valence-corrected chi connectivity index (χ3v) is 9.33. The van der Waals surface area contributed by atoms with Crippen molar-refractivity contribution >= 4 is 27.5 Å². The second kappa shape index (κ2) is 14.4. The Morgan fingerprint density at radius 3 is 2.17 bits per heavy atom. The van der Waals surface area contributed by atoms with Gasteiger partial charge in [0, 0.05) is 30.1 Å². The minimum absolute atomic E-state index is 0.00392. The zero-order valence-corrected chi connectivity index (χ0v) is 27.7. The summed E-state index contributed by atoms with van der Waals surface area (Å²) in [6.07, 6.45) is 0.0639. The summed E-state index contributed by atoms with van der Waals surface area (Å²) < 4.78 is 69.6. The lowest BCUT2D eigenvalue weighted by Crippen LogP contribution is -2.56. The number of nitrogens with one attached hydrogen (secondary N) is 1. The van der Waals surface area contributed by atoms with Gasteiger partial charge in [-0.1, -0.05) is 48.5 Å². The minimum Gasteiger partial charge on any atom is -0.486 e. The first kappa shape index (κ1) is 34.4. The van der Waals surface area contributed by atoms with E-state index >= 15 is 4.39 Å². The first-order valence-corrected chi connectivity index (χ1v) is 16.8. The van der Waals surface area contributed by atoms with E-state index < -0.39 is 51.6 Å². The van der Waals surface area contributed by atoms with E-state index in [0.717, 1.165) is 22.0 Å². The van der Waals surface area contributed by atoms with Crippen LogP contribution in [0.15, 0.2) is 102 Å². The van der Waals surface area contributed by atoms with Crippen molar-refractivity contribution in [3.8, 4) is 11.5 Å². The zero-order valence-electron chi connectivity index (χ0n) is 26.9. The normalized spacial score (nSPS) is 13.4. The smallest absolute Gasteiger partial charge is 0.264 e. The van der Waals surface area contributed by atoms with Gasteiger partial charge < -0.3 is 19.7 Å². The standard InChI is InChI=1S/C36H37F2N3O6S/c1-36(2,3)39-35(43)31(21-25-9-5-4-6-10-25)40(23-26-11-7-8-12-30(26)38)34(42)24-41(28-15-13-27(37)14-16-28)48(44,45)29-17-18-32-33(22-29)47-20-19-46-32/h4-18,22,31H,19-21,23-24H2,1-3H3,(H,39,43). The van der Waals surface area contributed by atoms with Crippen LogP contribution in [-0.2, 0) is 32.6 Å². The maximum Gasteiger partial charge on any atom is 0.264 e. The van der Waals surface area contributed by atoms with Gasteiger partial charge in [0.05, 0.1) is 10.6 Å². The van der Waals surface area contributed by atoms with Gasteiger partial charge in [0.25, 0.3) is 10.0 Å². The van der Waals surface area contributed by atoms with Gasteiger partial charge in [0.15, 0.2) is 11.5 Å². The van der Waals surface area contributed by atoms with E-state index in [0.29, 0.717) is 12.4 Å². The molecule has 0 bridgehead atoms. The van der Waals surface area contributed by atoms with Crippen molar-refractivity contribution in [3.63, 3.8) is 0 Å². The fourth-order valence-electron chi connectivity index (χ4n) is 5.26. The molecular formula is C36H37F2N3O6S. The molecule has 12 heteroatoms. The molecule has 0 saturated heterocycles. The van der Waals surface area contributed by atoms with Gasteiger partial charge in [-0.05, 0) is 68.8 Å². The fraction of sp³-hybridized carbons (Fsp3) is 0.278. The topological polar surface area (TPSA) is 105 Å². The molecular weight excluding hydrogens is 640 g/mol. The Hall–Kier alpha value is -4.97. The van der Waals surface area contributed by atoms with Crippen LogP contribution in [-0.4, -0.2) is 56.5 Å². The second-order valence-corrected chi connectivity index (χ2v) is 14.2. The highest BCUT2D eigenvalue weighted by Gasteiger charge is 2.36. The summed E-state index contributed by atoms with van der Waals surface area (Å²) in [5, 5.41) is 2.93. The summed E-state index contributed by atoms with van der Waals surface area (Å²) in [6.45, 7) is 4.80. The summed E-state index contributed by atoms with van der Waals surface area (Å²) in [4.78, 5) is 29.5. The summed E-state index contributed by atoms with van der Waals surface area (Å²) in [5.74, 6) is -1.90. The molecule has 0 aliphatic carbocycles. The maximum atomic E-state index is 15.1. The number of rotatable bonds is 11. The molecule has 2 amide bonds. The van der Waals surface area contributed by atoms with Gasteiger partial charge in [-0.25, -0.2) is 17.2 Å². The lowest BCUT2D eigenvalue weighted by molar-refractivity contribution is -0.140. The third kappa shape index (κ3) is 8.29. The number of anilines is 1. The molecule has 9 nitrogen and oxygen atoms in total. The minimum atomic E-state index is -4.49. The van der Waals surface area contributed by atoms with Gasteiger partial charge >= 0.3 is 0 Å². The average Bonchev–Trinajstić information content (AvgIpc) is 3.05. The number of ether oxygens (including phenoxy) is 2. The molecule has 1 atom stereocenters. The van der Waals surface area contributed by atoms with Crippen LogP contribution in [0.4, 0.5) is 14.5 Å². The van der Waals surface area contributed by atoms with Crippen LogP contribution in [0, 0.1) is 11.6 Å². The van der Waals surface area contributed by atoms with Gasteiger partial charge in [0.2, 0.25) is 11.8 Å². The van der Waals surface area contributed by atoms with Crippen molar-refractivity contribution in [2.75, 3.05) is 24.1 Å². The van der Waals surface area contributed by atoms with Crippen molar-refractivity contribution in [3.05, 3.63) is 120 Å². The zero-order chi connectivity index (χ0) is 34.5. The molecule has 252 valence electrons. The molecule has 5 rings (SSSR count). The summed E-state index contributed by atoms with van der Waals surface area (Å²) in [6, 6.07) is 22.5. The molecule has 1 aliphatic heterocycles. The predicted octanol–water partition coefficient (Wildman–Crippen LogP) is 5.49. The SMILES string of the molecule is CC(C)(C)NC(=O)C(Cc1ccccc1)N(Cc1ccccc1F)C(=O)CN(c1ccc(F)cc1)S(=O)(=O)c1ccc2c(c1)OCCO2. The highest BCUT2D eigenvalue weighted by molar-refractivity contribution is 7.92. The number of carbonyl (C=O) groups is 2. The van der Waals surface area contributed by atoms with E-state index in [1.165, 1.54) is 53.4 Å². The molecule has 0 fully saturated rings. The Morgan fingerprint density at radius 2 is 1.50 bits per heavy atom. The van der Waals surface area contributed by atoms with E-state index in [9.17, 15) is 22.4 Å². The van der Waals surface area contributed by atoms with Gasteiger partial charge in [-0.3, -0.25) is 13.9 Å². The summed E-state index contributed by atoms with van der Waals surface area (Å²) in [5.41, 5.74) is 0.192. The average molecular weight is 678 g/mol. The van der Waals surface area contributed by atoms with Crippen molar-refractivity contribution in [1.29, 1.82) is 0 Å². The Morgan fingerprint density at radius 1 is 0.854 bits per heavy atom. The number of nitrogens with zero attached hydrogens (tertiary/aromatic N) is 2. The van der Waals surface area contributed by atoms with Crippen LogP contribution in [0.25, 0.3) is 0 Å².